The minimum absolute atomic E-state index is 0.201. The Balaban J connectivity index is 2.02. The Morgan fingerprint density at radius 2 is 2.22 bits per heavy atom. The third-order valence-corrected chi connectivity index (χ3v) is 2.87. The number of carboxylic acids is 1. The molecule has 1 heterocycles. The van der Waals surface area contributed by atoms with Crippen LogP contribution in [0.3, 0.4) is 0 Å². The number of ether oxygens (including phenoxy) is 3. The van der Waals surface area contributed by atoms with Crippen molar-refractivity contribution in [1.29, 1.82) is 0 Å². The summed E-state index contributed by atoms with van der Waals surface area (Å²) in [5.41, 5.74) is 1.02. The Hall–Kier alpha value is -1.91. The largest absolute Gasteiger partial charge is 0.492 e. The molecule has 2 rings (SSSR count). The number of unbranched alkanes of at least 4 members (excludes halogenated alkanes) is 1. The average molecular weight is 252 g/mol. The van der Waals surface area contributed by atoms with Crippen LogP contribution in [0.1, 0.15) is 24.8 Å². The number of carbonyl (C=O) groups is 1. The van der Waals surface area contributed by atoms with Gasteiger partial charge in [0.05, 0.1) is 7.11 Å². The van der Waals surface area contributed by atoms with Gasteiger partial charge >= 0.3 is 5.97 Å². The molecule has 0 unspecified atom stereocenters. The lowest BCUT2D eigenvalue weighted by Gasteiger charge is -2.10. The molecular formula is C13H16O5. The molecule has 0 fully saturated rings. The quantitative estimate of drug-likeness (QED) is 0.786. The van der Waals surface area contributed by atoms with E-state index in [-0.39, 0.29) is 13.2 Å². The monoisotopic (exact) mass is 252 g/mol. The molecule has 0 spiro atoms. The second kappa shape index (κ2) is 5.62. The highest BCUT2D eigenvalue weighted by Gasteiger charge is 2.21. The molecule has 18 heavy (non-hydrogen) atoms. The maximum absolute atomic E-state index is 10.4. The fraction of sp³-hybridized carbons (Fsp3) is 0.462. The first-order valence-electron chi connectivity index (χ1n) is 5.89. The molecular weight excluding hydrogens is 236 g/mol. The zero-order chi connectivity index (χ0) is 13.0. The molecule has 0 bridgehead atoms. The van der Waals surface area contributed by atoms with Gasteiger partial charge in [-0.3, -0.25) is 4.79 Å². The van der Waals surface area contributed by atoms with Crippen molar-refractivity contribution in [3.05, 3.63) is 17.7 Å². The van der Waals surface area contributed by atoms with Crippen LogP contribution in [0.25, 0.3) is 0 Å². The fourth-order valence-electron chi connectivity index (χ4n) is 2.00. The van der Waals surface area contributed by atoms with Gasteiger partial charge in [0.1, 0.15) is 0 Å². The third-order valence-electron chi connectivity index (χ3n) is 2.87. The Kier molecular flexibility index (Phi) is 3.92. The van der Waals surface area contributed by atoms with Gasteiger partial charge in [-0.05, 0) is 30.9 Å². The summed E-state index contributed by atoms with van der Waals surface area (Å²) in [5, 5.41) is 8.58. The van der Waals surface area contributed by atoms with Gasteiger partial charge in [0, 0.05) is 6.42 Å². The predicted molar refractivity (Wildman–Crippen MR) is 64.3 cm³/mol. The number of carboxylic acid groups (broad SMARTS) is 1. The van der Waals surface area contributed by atoms with Gasteiger partial charge in [0.15, 0.2) is 11.5 Å². The summed E-state index contributed by atoms with van der Waals surface area (Å²) in [5.74, 6) is 1.28. The number of fused-ring (bicyclic) bond motifs is 1. The highest BCUT2D eigenvalue weighted by molar-refractivity contribution is 5.66. The van der Waals surface area contributed by atoms with Gasteiger partial charge in [-0.1, -0.05) is 6.07 Å². The maximum atomic E-state index is 10.4. The van der Waals surface area contributed by atoms with E-state index in [0.717, 1.165) is 18.4 Å². The molecule has 5 nitrogen and oxygen atoms in total. The minimum Gasteiger partial charge on any atom is -0.492 e. The van der Waals surface area contributed by atoms with E-state index in [0.29, 0.717) is 23.7 Å². The lowest BCUT2D eigenvalue weighted by Crippen LogP contribution is -1.97. The van der Waals surface area contributed by atoms with Crippen molar-refractivity contribution in [2.75, 3.05) is 13.9 Å². The van der Waals surface area contributed by atoms with Crippen molar-refractivity contribution < 1.29 is 24.1 Å². The summed E-state index contributed by atoms with van der Waals surface area (Å²) in [6, 6.07) is 3.80. The molecule has 1 aliphatic heterocycles. The highest BCUT2D eigenvalue weighted by Crippen LogP contribution is 2.43. The second-order valence-corrected chi connectivity index (χ2v) is 4.09. The molecule has 0 radical (unpaired) electrons. The van der Waals surface area contributed by atoms with E-state index >= 15 is 0 Å². The Morgan fingerprint density at radius 1 is 1.39 bits per heavy atom. The summed E-state index contributed by atoms with van der Waals surface area (Å²) >= 11 is 0. The molecule has 98 valence electrons. The Labute approximate surface area is 105 Å². The molecule has 0 saturated carbocycles. The Morgan fingerprint density at radius 3 is 2.94 bits per heavy atom. The molecule has 1 aromatic rings. The van der Waals surface area contributed by atoms with Crippen LogP contribution < -0.4 is 14.2 Å². The van der Waals surface area contributed by atoms with Gasteiger partial charge in [-0.25, -0.2) is 0 Å². The van der Waals surface area contributed by atoms with Crippen LogP contribution in [0.4, 0.5) is 0 Å². The summed E-state index contributed by atoms with van der Waals surface area (Å²) in [6.07, 6.45) is 2.44. The number of benzene rings is 1. The minimum atomic E-state index is -0.757. The van der Waals surface area contributed by atoms with Gasteiger partial charge in [-0.15, -0.1) is 0 Å². The molecule has 0 aliphatic carbocycles. The smallest absolute Gasteiger partial charge is 0.303 e. The standard InChI is InChI=1S/C13H16O5/c1-16-12-9(4-2-3-5-11(14)15)6-7-10-13(12)18-8-17-10/h6-7H,2-5,8H2,1H3,(H,14,15). The number of rotatable bonds is 6. The van der Waals surface area contributed by atoms with Crippen LogP contribution in [0.15, 0.2) is 12.1 Å². The summed E-state index contributed by atoms with van der Waals surface area (Å²) in [6.45, 7) is 0.216. The van der Waals surface area contributed by atoms with Crippen molar-refractivity contribution in [2.24, 2.45) is 0 Å². The maximum Gasteiger partial charge on any atom is 0.303 e. The lowest BCUT2D eigenvalue weighted by atomic mass is 10.1. The van der Waals surface area contributed by atoms with Crippen LogP contribution >= 0.6 is 0 Å². The fourth-order valence-corrected chi connectivity index (χ4v) is 2.00. The highest BCUT2D eigenvalue weighted by atomic mass is 16.7. The number of aryl methyl sites for hydroxylation is 1. The first-order valence-corrected chi connectivity index (χ1v) is 5.89. The van der Waals surface area contributed by atoms with Crippen LogP contribution in [0.5, 0.6) is 17.2 Å². The number of hydrogen-bond acceptors (Lipinski definition) is 4. The summed E-state index contributed by atoms with van der Waals surface area (Å²) in [4.78, 5) is 10.4. The van der Waals surface area contributed by atoms with E-state index in [2.05, 4.69) is 0 Å². The van der Waals surface area contributed by atoms with E-state index in [1.54, 1.807) is 7.11 Å². The predicted octanol–water partition coefficient (Wildman–Crippen LogP) is 2.22. The molecule has 0 amide bonds. The van der Waals surface area contributed by atoms with Gasteiger partial charge in [0.2, 0.25) is 12.5 Å². The van der Waals surface area contributed by atoms with E-state index in [4.69, 9.17) is 19.3 Å². The first-order chi connectivity index (χ1) is 8.72. The van der Waals surface area contributed by atoms with Crippen LogP contribution in [-0.4, -0.2) is 25.0 Å². The third kappa shape index (κ3) is 2.67. The molecule has 1 aliphatic rings. The van der Waals surface area contributed by atoms with Gasteiger partial charge in [0.25, 0.3) is 0 Å². The summed E-state index contributed by atoms with van der Waals surface area (Å²) < 4.78 is 16.0. The average Bonchev–Trinajstić information content (AvgIpc) is 2.82. The van der Waals surface area contributed by atoms with Crippen LogP contribution in [-0.2, 0) is 11.2 Å². The van der Waals surface area contributed by atoms with E-state index < -0.39 is 5.97 Å². The summed E-state index contributed by atoms with van der Waals surface area (Å²) in [7, 11) is 1.60. The molecule has 0 atom stereocenters. The first kappa shape index (κ1) is 12.5. The number of methoxy groups -OCH3 is 1. The van der Waals surface area contributed by atoms with Gasteiger partial charge < -0.3 is 19.3 Å². The van der Waals surface area contributed by atoms with E-state index in [1.165, 1.54) is 0 Å². The molecule has 5 heteroatoms. The van der Waals surface area contributed by atoms with Crippen molar-refractivity contribution in [3.8, 4) is 17.2 Å². The zero-order valence-electron chi connectivity index (χ0n) is 10.3. The molecule has 0 saturated heterocycles. The zero-order valence-corrected chi connectivity index (χ0v) is 10.3. The molecule has 1 N–H and O–H groups in total. The van der Waals surface area contributed by atoms with Crippen molar-refractivity contribution in [1.82, 2.24) is 0 Å². The van der Waals surface area contributed by atoms with Crippen LogP contribution in [0.2, 0.25) is 0 Å². The van der Waals surface area contributed by atoms with Crippen molar-refractivity contribution >= 4 is 5.97 Å². The lowest BCUT2D eigenvalue weighted by molar-refractivity contribution is -0.137. The number of hydrogen-bond donors (Lipinski definition) is 1. The number of aliphatic carboxylic acids is 1. The SMILES string of the molecule is COc1c(CCCCC(=O)O)ccc2c1OCO2. The normalized spacial score (nSPS) is 12.5. The topological polar surface area (TPSA) is 65.0 Å². The van der Waals surface area contributed by atoms with E-state index in [9.17, 15) is 4.79 Å². The molecule has 1 aromatic carbocycles. The second-order valence-electron chi connectivity index (χ2n) is 4.09. The molecule has 0 aromatic heterocycles. The van der Waals surface area contributed by atoms with Crippen molar-refractivity contribution in [2.45, 2.75) is 25.7 Å². The van der Waals surface area contributed by atoms with Crippen LogP contribution in [0, 0.1) is 0 Å². The van der Waals surface area contributed by atoms with E-state index in [1.807, 2.05) is 12.1 Å². The van der Waals surface area contributed by atoms with Gasteiger partial charge in [-0.2, -0.15) is 0 Å². The Bertz CT molecular complexity index is 441. The van der Waals surface area contributed by atoms with Crippen molar-refractivity contribution in [3.63, 3.8) is 0 Å².